The van der Waals surface area contributed by atoms with Crippen LogP contribution < -0.4 is 4.74 Å². The standard InChI is InChI=1S/C25H23NO3S/c1-29-22-14-12-18-8-2-4-10-20(18)24(22)25-21-11-5-3-9-19(21)13-15-23(25)30(27,28)26-16-6-7-17-26/h2-5,8-15H,6-7,16-17H2,1H3. The number of rotatable bonds is 4. The van der Waals surface area contributed by atoms with E-state index in [0.29, 0.717) is 29.3 Å². The van der Waals surface area contributed by atoms with E-state index in [9.17, 15) is 8.42 Å². The maximum absolute atomic E-state index is 13.7. The summed E-state index contributed by atoms with van der Waals surface area (Å²) in [5.74, 6) is 0.669. The molecule has 5 heteroatoms. The van der Waals surface area contributed by atoms with E-state index < -0.39 is 10.0 Å². The molecular weight excluding hydrogens is 394 g/mol. The number of hydrogen-bond acceptors (Lipinski definition) is 3. The van der Waals surface area contributed by atoms with Crippen LogP contribution >= 0.6 is 0 Å². The minimum Gasteiger partial charge on any atom is -0.496 e. The normalized spacial score (nSPS) is 15.1. The first-order valence-electron chi connectivity index (χ1n) is 10.2. The third-order valence-electron chi connectivity index (χ3n) is 5.93. The quantitative estimate of drug-likeness (QED) is 0.443. The molecule has 0 bridgehead atoms. The molecule has 4 aromatic rings. The van der Waals surface area contributed by atoms with Crippen LogP contribution in [0.4, 0.5) is 0 Å². The lowest BCUT2D eigenvalue weighted by atomic mass is 9.93. The molecule has 0 unspecified atom stereocenters. The van der Waals surface area contributed by atoms with Gasteiger partial charge in [-0.15, -0.1) is 0 Å². The summed E-state index contributed by atoms with van der Waals surface area (Å²) in [5.41, 5.74) is 1.54. The number of hydrogen-bond donors (Lipinski definition) is 0. The number of nitrogens with zero attached hydrogens (tertiary/aromatic N) is 1. The van der Waals surface area contributed by atoms with Crippen molar-refractivity contribution >= 4 is 31.6 Å². The molecule has 0 radical (unpaired) electrons. The Labute approximate surface area is 176 Å². The summed E-state index contributed by atoms with van der Waals surface area (Å²) in [5, 5.41) is 3.94. The molecule has 5 rings (SSSR count). The molecule has 0 amide bonds. The van der Waals surface area contributed by atoms with Crippen LogP contribution in [-0.4, -0.2) is 32.9 Å². The van der Waals surface area contributed by atoms with Crippen LogP contribution in [0.5, 0.6) is 5.75 Å². The fourth-order valence-electron chi connectivity index (χ4n) is 4.47. The SMILES string of the molecule is COc1ccc2ccccc2c1-c1c(S(=O)(=O)N2CCCC2)ccc2ccccc12. The van der Waals surface area contributed by atoms with Crippen LogP contribution in [0, 0.1) is 0 Å². The highest BCUT2D eigenvalue weighted by Crippen LogP contribution is 2.44. The molecule has 4 nitrogen and oxygen atoms in total. The molecule has 1 saturated heterocycles. The highest BCUT2D eigenvalue weighted by molar-refractivity contribution is 7.89. The van der Waals surface area contributed by atoms with E-state index in [1.807, 2.05) is 66.7 Å². The van der Waals surface area contributed by atoms with Crippen LogP contribution in [0.1, 0.15) is 12.8 Å². The molecule has 0 atom stereocenters. The summed E-state index contributed by atoms with van der Waals surface area (Å²) in [6, 6.07) is 23.6. The van der Waals surface area contributed by atoms with Crippen molar-refractivity contribution in [2.45, 2.75) is 17.7 Å². The summed E-state index contributed by atoms with van der Waals surface area (Å²) in [6.07, 6.45) is 1.81. The lowest BCUT2D eigenvalue weighted by Gasteiger charge is -2.22. The molecule has 1 aliphatic rings. The Hall–Kier alpha value is -2.89. The van der Waals surface area contributed by atoms with E-state index in [2.05, 4.69) is 0 Å². The number of benzene rings is 4. The predicted octanol–water partition coefficient (Wildman–Crippen LogP) is 5.45. The number of sulfonamides is 1. The lowest BCUT2D eigenvalue weighted by Crippen LogP contribution is -2.28. The molecule has 0 N–H and O–H groups in total. The Kier molecular flexibility index (Phi) is 4.72. The Balaban J connectivity index is 1.93. The zero-order valence-electron chi connectivity index (χ0n) is 16.8. The van der Waals surface area contributed by atoms with Crippen molar-refractivity contribution in [1.82, 2.24) is 4.31 Å². The average molecular weight is 418 g/mol. The molecular formula is C25H23NO3S. The van der Waals surface area contributed by atoms with Gasteiger partial charge in [0, 0.05) is 24.2 Å². The Morgan fingerprint density at radius 2 is 1.30 bits per heavy atom. The van der Waals surface area contributed by atoms with Crippen LogP contribution in [0.25, 0.3) is 32.7 Å². The van der Waals surface area contributed by atoms with Gasteiger partial charge in [0.25, 0.3) is 0 Å². The Morgan fingerprint density at radius 3 is 1.93 bits per heavy atom. The largest absolute Gasteiger partial charge is 0.496 e. The maximum atomic E-state index is 13.7. The van der Waals surface area contributed by atoms with Crippen molar-refractivity contribution in [1.29, 1.82) is 0 Å². The predicted molar refractivity (Wildman–Crippen MR) is 121 cm³/mol. The van der Waals surface area contributed by atoms with Gasteiger partial charge in [0.1, 0.15) is 5.75 Å². The van der Waals surface area contributed by atoms with Gasteiger partial charge in [-0.25, -0.2) is 8.42 Å². The van der Waals surface area contributed by atoms with E-state index >= 15 is 0 Å². The number of methoxy groups -OCH3 is 1. The maximum Gasteiger partial charge on any atom is 0.243 e. The number of fused-ring (bicyclic) bond motifs is 2. The van der Waals surface area contributed by atoms with Gasteiger partial charge in [-0.3, -0.25) is 0 Å². The van der Waals surface area contributed by atoms with Crippen LogP contribution in [0.15, 0.2) is 77.7 Å². The van der Waals surface area contributed by atoms with E-state index in [4.69, 9.17) is 4.74 Å². The van der Waals surface area contributed by atoms with Crippen molar-refractivity contribution < 1.29 is 13.2 Å². The lowest BCUT2D eigenvalue weighted by molar-refractivity contribution is 0.417. The van der Waals surface area contributed by atoms with E-state index in [0.717, 1.165) is 39.9 Å². The van der Waals surface area contributed by atoms with Gasteiger partial charge in [0.15, 0.2) is 0 Å². The van der Waals surface area contributed by atoms with Crippen molar-refractivity contribution in [3.63, 3.8) is 0 Å². The van der Waals surface area contributed by atoms with Crippen molar-refractivity contribution in [2.24, 2.45) is 0 Å². The second kappa shape index (κ2) is 7.42. The Bertz CT molecular complexity index is 1360. The van der Waals surface area contributed by atoms with Gasteiger partial charge in [-0.2, -0.15) is 4.31 Å². The van der Waals surface area contributed by atoms with Crippen molar-refractivity contribution in [3.05, 3.63) is 72.8 Å². The minimum atomic E-state index is -3.62. The second-order valence-electron chi connectivity index (χ2n) is 7.63. The van der Waals surface area contributed by atoms with Crippen molar-refractivity contribution in [2.75, 3.05) is 20.2 Å². The highest BCUT2D eigenvalue weighted by Gasteiger charge is 2.31. The first-order valence-corrected chi connectivity index (χ1v) is 11.6. The van der Waals surface area contributed by atoms with Crippen molar-refractivity contribution in [3.8, 4) is 16.9 Å². The summed E-state index contributed by atoms with van der Waals surface area (Å²) in [7, 11) is -1.99. The van der Waals surface area contributed by atoms with Crippen LogP contribution in [0.2, 0.25) is 0 Å². The fourth-order valence-corrected chi connectivity index (χ4v) is 6.20. The smallest absolute Gasteiger partial charge is 0.243 e. The minimum absolute atomic E-state index is 0.345. The monoisotopic (exact) mass is 417 g/mol. The zero-order valence-corrected chi connectivity index (χ0v) is 17.7. The van der Waals surface area contributed by atoms with Gasteiger partial charge in [0.05, 0.1) is 12.0 Å². The second-order valence-corrected chi connectivity index (χ2v) is 9.54. The third kappa shape index (κ3) is 2.97. The van der Waals surface area contributed by atoms with Crippen LogP contribution in [-0.2, 0) is 10.0 Å². The van der Waals surface area contributed by atoms with Gasteiger partial charge in [-0.05, 0) is 46.5 Å². The molecule has 1 fully saturated rings. The summed E-state index contributed by atoms with van der Waals surface area (Å²) < 4.78 is 34.7. The zero-order chi connectivity index (χ0) is 20.7. The molecule has 0 saturated carbocycles. The van der Waals surface area contributed by atoms with Gasteiger partial charge in [-0.1, -0.05) is 60.7 Å². The van der Waals surface area contributed by atoms with E-state index in [1.165, 1.54) is 0 Å². The summed E-state index contributed by atoms with van der Waals surface area (Å²) in [6.45, 7) is 1.14. The van der Waals surface area contributed by atoms with Gasteiger partial charge < -0.3 is 4.74 Å². The molecule has 0 aromatic heterocycles. The van der Waals surface area contributed by atoms with E-state index in [-0.39, 0.29) is 0 Å². The first kappa shape index (κ1) is 19.1. The van der Waals surface area contributed by atoms with E-state index in [1.54, 1.807) is 17.5 Å². The molecule has 30 heavy (non-hydrogen) atoms. The van der Waals surface area contributed by atoms with Gasteiger partial charge >= 0.3 is 0 Å². The third-order valence-corrected chi connectivity index (χ3v) is 7.88. The molecule has 0 spiro atoms. The summed E-state index contributed by atoms with van der Waals surface area (Å²) >= 11 is 0. The van der Waals surface area contributed by atoms with Crippen LogP contribution in [0.3, 0.4) is 0 Å². The number of ether oxygens (including phenoxy) is 1. The molecule has 0 aliphatic carbocycles. The first-order chi connectivity index (χ1) is 14.6. The molecule has 152 valence electrons. The molecule has 1 aliphatic heterocycles. The van der Waals surface area contributed by atoms with Gasteiger partial charge in [0.2, 0.25) is 10.0 Å². The fraction of sp³-hybridized carbons (Fsp3) is 0.200. The average Bonchev–Trinajstić information content (AvgIpc) is 3.33. The summed E-state index contributed by atoms with van der Waals surface area (Å²) in [4.78, 5) is 0.345. The molecule has 4 aromatic carbocycles. The molecule has 1 heterocycles. The topological polar surface area (TPSA) is 46.6 Å². The highest BCUT2D eigenvalue weighted by atomic mass is 32.2. The Morgan fingerprint density at radius 1 is 0.733 bits per heavy atom.